The van der Waals surface area contributed by atoms with Crippen molar-refractivity contribution in [3.8, 4) is 17.3 Å². The van der Waals surface area contributed by atoms with E-state index < -0.39 is 0 Å². The molecule has 0 saturated carbocycles. The van der Waals surface area contributed by atoms with Crippen molar-refractivity contribution < 1.29 is 4.42 Å². The minimum absolute atomic E-state index is 0.635. The highest BCUT2D eigenvalue weighted by atomic mass is 32.1. The summed E-state index contributed by atoms with van der Waals surface area (Å²) in [7, 11) is 0. The average molecular weight is 294 g/mol. The zero-order valence-electron chi connectivity index (χ0n) is 10.9. The van der Waals surface area contributed by atoms with E-state index in [2.05, 4.69) is 21.6 Å². The Balaban J connectivity index is 1.69. The molecule has 0 aliphatic heterocycles. The summed E-state index contributed by atoms with van der Waals surface area (Å²) in [5.74, 6) is 0.673. The molecule has 0 saturated heterocycles. The second-order valence-electron chi connectivity index (χ2n) is 4.11. The summed E-state index contributed by atoms with van der Waals surface area (Å²) in [6, 6.07) is 13.0. The van der Waals surface area contributed by atoms with Gasteiger partial charge in [0.2, 0.25) is 5.13 Å². The van der Waals surface area contributed by atoms with Crippen LogP contribution in [0.15, 0.2) is 57.6 Å². The molecule has 0 unspecified atom stereocenters. The van der Waals surface area contributed by atoms with Crippen LogP contribution >= 0.6 is 11.3 Å². The van der Waals surface area contributed by atoms with E-state index in [0.717, 1.165) is 11.3 Å². The first-order chi connectivity index (χ1) is 10.3. The van der Waals surface area contributed by atoms with Crippen molar-refractivity contribution in [2.24, 2.45) is 5.10 Å². The number of thiazole rings is 1. The molecular weight excluding hydrogens is 284 g/mol. The number of hydrogen-bond acceptors (Lipinski definition) is 6. The Morgan fingerprint density at radius 2 is 2.14 bits per heavy atom. The van der Waals surface area contributed by atoms with Gasteiger partial charge in [-0.15, -0.1) is 11.3 Å². The van der Waals surface area contributed by atoms with Crippen molar-refractivity contribution in [3.63, 3.8) is 0 Å². The van der Waals surface area contributed by atoms with Crippen molar-refractivity contribution in [1.29, 1.82) is 5.26 Å². The van der Waals surface area contributed by atoms with Crippen molar-refractivity contribution >= 4 is 22.7 Å². The van der Waals surface area contributed by atoms with Crippen molar-refractivity contribution in [3.05, 3.63) is 59.4 Å². The number of rotatable bonds is 4. The molecule has 0 radical (unpaired) electrons. The van der Waals surface area contributed by atoms with Gasteiger partial charge in [-0.2, -0.15) is 10.4 Å². The number of furan rings is 1. The zero-order valence-corrected chi connectivity index (χ0v) is 11.7. The van der Waals surface area contributed by atoms with Crippen LogP contribution in [0.25, 0.3) is 11.3 Å². The first-order valence-corrected chi connectivity index (χ1v) is 7.02. The summed E-state index contributed by atoms with van der Waals surface area (Å²) in [5.41, 5.74) is 5.31. The van der Waals surface area contributed by atoms with Gasteiger partial charge in [0.15, 0.2) is 0 Å². The number of hydrogen-bond donors (Lipinski definition) is 1. The number of nitrogens with zero attached hydrogens (tertiary/aromatic N) is 3. The third-order valence-electron chi connectivity index (χ3n) is 2.71. The second-order valence-corrected chi connectivity index (χ2v) is 4.97. The normalized spacial score (nSPS) is 10.6. The summed E-state index contributed by atoms with van der Waals surface area (Å²) in [6.45, 7) is 0. The SMILES string of the molecule is N#Cc1ccc(-c2csc(N/N=C\c3ccco3)n2)cc1. The monoisotopic (exact) mass is 294 g/mol. The van der Waals surface area contributed by atoms with E-state index in [4.69, 9.17) is 9.68 Å². The standard InChI is InChI=1S/C15H10N4OS/c16-8-11-3-5-12(6-4-11)14-10-21-15(18-14)19-17-9-13-2-1-7-20-13/h1-7,9-10H,(H,18,19)/b17-9-. The lowest BCUT2D eigenvalue weighted by atomic mass is 10.1. The molecule has 3 aromatic rings. The lowest BCUT2D eigenvalue weighted by Gasteiger charge is -1.96. The van der Waals surface area contributed by atoms with E-state index in [1.807, 2.05) is 23.6 Å². The van der Waals surface area contributed by atoms with Crippen LogP contribution in [0, 0.1) is 11.3 Å². The summed E-state index contributed by atoms with van der Waals surface area (Å²) in [5, 5.41) is 15.5. The van der Waals surface area contributed by atoms with Crippen LogP contribution in [0.5, 0.6) is 0 Å². The molecule has 0 amide bonds. The number of nitrogens with one attached hydrogen (secondary N) is 1. The zero-order chi connectivity index (χ0) is 14.5. The predicted octanol–water partition coefficient (Wildman–Crippen LogP) is 3.72. The molecule has 1 N–H and O–H groups in total. The van der Waals surface area contributed by atoms with E-state index in [-0.39, 0.29) is 0 Å². The number of nitriles is 1. The molecule has 0 spiro atoms. The summed E-state index contributed by atoms with van der Waals surface area (Å²) in [4.78, 5) is 4.43. The molecule has 0 aliphatic rings. The van der Waals surface area contributed by atoms with Gasteiger partial charge in [0.25, 0.3) is 0 Å². The van der Waals surface area contributed by atoms with E-state index in [9.17, 15) is 0 Å². The predicted molar refractivity (Wildman–Crippen MR) is 82.2 cm³/mol. The van der Waals surface area contributed by atoms with Gasteiger partial charge in [-0.05, 0) is 24.3 Å². The fourth-order valence-corrected chi connectivity index (χ4v) is 2.36. The molecule has 3 rings (SSSR count). The van der Waals surface area contributed by atoms with E-state index in [0.29, 0.717) is 16.5 Å². The van der Waals surface area contributed by atoms with Crippen LogP contribution < -0.4 is 5.43 Å². The quantitative estimate of drug-likeness (QED) is 0.588. The van der Waals surface area contributed by atoms with Gasteiger partial charge in [0.05, 0.1) is 29.8 Å². The minimum Gasteiger partial charge on any atom is -0.463 e. The first kappa shape index (κ1) is 13.1. The van der Waals surface area contributed by atoms with Gasteiger partial charge in [-0.3, -0.25) is 5.43 Å². The summed E-state index contributed by atoms with van der Waals surface area (Å²) in [6.07, 6.45) is 3.18. The maximum atomic E-state index is 8.78. The molecule has 2 aromatic heterocycles. The Bertz CT molecular complexity index is 782. The largest absolute Gasteiger partial charge is 0.463 e. The Hall–Kier alpha value is -2.91. The van der Waals surface area contributed by atoms with E-state index in [1.165, 1.54) is 11.3 Å². The maximum absolute atomic E-state index is 8.78. The number of hydrazone groups is 1. The van der Waals surface area contributed by atoms with Gasteiger partial charge in [-0.1, -0.05) is 12.1 Å². The third-order valence-corrected chi connectivity index (χ3v) is 3.46. The van der Waals surface area contributed by atoms with Gasteiger partial charge in [0, 0.05) is 10.9 Å². The van der Waals surface area contributed by atoms with Gasteiger partial charge >= 0.3 is 0 Å². The molecule has 2 heterocycles. The lowest BCUT2D eigenvalue weighted by molar-refractivity contribution is 0.560. The number of benzene rings is 1. The molecule has 102 valence electrons. The maximum Gasteiger partial charge on any atom is 0.203 e. The molecule has 21 heavy (non-hydrogen) atoms. The van der Waals surface area contributed by atoms with Crippen LogP contribution in [0.1, 0.15) is 11.3 Å². The topological polar surface area (TPSA) is 74.2 Å². The molecule has 0 fully saturated rings. The molecule has 0 bridgehead atoms. The highest BCUT2D eigenvalue weighted by Gasteiger charge is 2.04. The first-order valence-electron chi connectivity index (χ1n) is 6.14. The molecule has 5 nitrogen and oxygen atoms in total. The average Bonchev–Trinajstić information content (AvgIpc) is 3.19. The minimum atomic E-state index is 0.635. The van der Waals surface area contributed by atoms with Crippen molar-refractivity contribution in [2.45, 2.75) is 0 Å². The third kappa shape index (κ3) is 3.16. The highest BCUT2D eigenvalue weighted by molar-refractivity contribution is 7.14. The van der Waals surface area contributed by atoms with Gasteiger partial charge in [-0.25, -0.2) is 4.98 Å². The number of aromatic nitrogens is 1. The summed E-state index contributed by atoms with van der Waals surface area (Å²) < 4.78 is 5.14. The molecule has 0 atom stereocenters. The van der Waals surface area contributed by atoms with Crippen LogP contribution in [-0.2, 0) is 0 Å². The molecule has 6 heteroatoms. The van der Waals surface area contributed by atoms with E-state index in [1.54, 1.807) is 30.7 Å². The van der Waals surface area contributed by atoms with Gasteiger partial charge in [0.1, 0.15) is 5.76 Å². The van der Waals surface area contributed by atoms with Crippen LogP contribution in [0.2, 0.25) is 0 Å². The Morgan fingerprint density at radius 3 is 2.86 bits per heavy atom. The molecular formula is C15H10N4OS. The van der Waals surface area contributed by atoms with Crippen LogP contribution in [0.3, 0.4) is 0 Å². The Morgan fingerprint density at radius 1 is 1.29 bits per heavy atom. The Kier molecular flexibility index (Phi) is 3.76. The lowest BCUT2D eigenvalue weighted by Crippen LogP contribution is -1.89. The van der Waals surface area contributed by atoms with Crippen LogP contribution in [-0.4, -0.2) is 11.2 Å². The van der Waals surface area contributed by atoms with Crippen molar-refractivity contribution in [2.75, 3.05) is 5.43 Å². The van der Waals surface area contributed by atoms with Crippen molar-refractivity contribution in [1.82, 2.24) is 4.98 Å². The molecule has 1 aromatic carbocycles. The van der Waals surface area contributed by atoms with Gasteiger partial charge < -0.3 is 4.42 Å². The summed E-state index contributed by atoms with van der Waals surface area (Å²) >= 11 is 1.46. The van der Waals surface area contributed by atoms with E-state index >= 15 is 0 Å². The Labute approximate surface area is 125 Å². The smallest absolute Gasteiger partial charge is 0.203 e. The fraction of sp³-hybridized carbons (Fsp3) is 0. The van der Waals surface area contributed by atoms with Crippen LogP contribution in [0.4, 0.5) is 5.13 Å². The fourth-order valence-electron chi connectivity index (χ4n) is 1.69. The highest BCUT2D eigenvalue weighted by Crippen LogP contribution is 2.25. The molecule has 0 aliphatic carbocycles. The second kappa shape index (κ2) is 6.03. The number of anilines is 1.